The van der Waals surface area contributed by atoms with Gasteiger partial charge in [0.1, 0.15) is 5.69 Å². The van der Waals surface area contributed by atoms with Crippen molar-refractivity contribution in [1.29, 1.82) is 0 Å². The van der Waals surface area contributed by atoms with Crippen molar-refractivity contribution in [2.24, 2.45) is 24.3 Å². The van der Waals surface area contributed by atoms with Gasteiger partial charge in [-0.15, -0.1) is 0 Å². The average molecular weight is 530 g/mol. The average Bonchev–Trinajstić information content (AvgIpc) is 2.95. The number of anilines is 1. The molecule has 2 aromatic rings. The van der Waals surface area contributed by atoms with Crippen LogP contribution in [0, 0.1) is 24.2 Å². The first-order valence-electron chi connectivity index (χ1n) is 12.1. The van der Waals surface area contributed by atoms with Gasteiger partial charge in [0.05, 0.1) is 17.8 Å². The van der Waals surface area contributed by atoms with Crippen LogP contribution in [0.1, 0.15) is 57.6 Å². The number of hydrogen-bond donors (Lipinski definition) is 1. The number of hydrogen-bond acceptors (Lipinski definition) is 4. The summed E-state index contributed by atoms with van der Waals surface area (Å²) in [5, 5.41) is 2.70. The minimum Gasteiger partial charge on any atom is -0.453 e. The van der Waals surface area contributed by atoms with Crippen LogP contribution in [0.15, 0.2) is 35.1 Å². The lowest BCUT2D eigenvalue weighted by atomic mass is 9.49. The Kier molecular flexibility index (Phi) is 5.78. The lowest BCUT2D eigenvalue weighted by Crippen LogP contribution is -2.53. The van der Waals surface area contributed by atoms with Crippen LogP contribution in [-0.2, 0) is 21.4 Å². The SMILES string of the molecule is Cc1c(NC(=O)[C@H](C)OC(=O)CC23C[C@H]4C[C@@H](CC(Br)(C4)C2)C3)c(=O)n(-c2ccccc2)n1C. The fourth-order valence-corrected chi connectivity index (χ4v) is 8.59. The Morgan fingerprint density at radius 2 is 1.82 bits per heavy atom. The number of benzene rings is 1. The van der Waals surface area contributed by atoms with Crippen LogP contribution in [0.3, 0.4) is 0 Å². The maximum Gasteiger partial charge on any atom is 0.307 e. The summed E-state index contributed by atoms with van der Waals surface area (Å²) in [7, 11) is 1.77. The lowest BCUT2D eigenvalue weighted by molar-refractivity contribution is -0.159. The summed E-state index contributed by atoms with van der Waals surface area (Å²) < 4.78 is 8.95. The number of nitrogens with one attached hydrogen (secondary N) is 1. The second-order valence-corrected chi connectivity index (χ2v) is 12.5. The third kappa shape index (κ3) is 4.14. The standard InChI is InChI=1S/C26H32BrN3O4/c1-16-22(24(33)30(29(16)3)20-7-5-4-6-8-20)28-23(32)17(2)34-21(31)14-25-10-18-9-19(11-25)13-26(27,12-18)15-25/h4-8,17-19H,9-15H2,1-3H3,(H,28,32)/t17-,18+,19+,25?,26?/m0/s1. The molecule has 1 N–H and O–H groups in total. The predicted octanol–water partition coefficient (Wildman–Crippen LogP) is 4.48. The van der Waals surface area contributed by atoms with Gasteiger partial charge < -0.3 is 10.1 Å². The molecule has 4 bridgehead atoms. The fourth-order valence-electron chi connectivity index (χ4n) is 7.08. The molecule has 182 valence electrons. The number of alkyl halides is 1. The number of rotatable bonds is 6. The van der Waals surface area contributed by atoms with E-state index >= 15 is 0 Å². The van der Waals surface area contributed by atoms with Gasteiger partial charge in [-0.1, -0.05) is 34.1 Å². The van der Waals surface area contributed by atoms with E-state index in [1.165, 1.54) is 23.9 Å². The zero-order valence-corrected chi connectivity index (χ0v) is 21.6. The van der Waals surface area contributed by atoms with Crippen LogP contribution < -0.4 is 10.9 Å². The summed E-state index contributed by atoms with van der Waals surface area (Å²) in [6, 6.07) is 9.25. The van der Waals surface area contributed by atoms with Gasteiger partial charge in [-0.2, -0.15) is 0 Å². The summed E-state index contributed by atoms with van der Waals surface area (Å²) in [6.45, 7) is 3.34. The Morgan fingerprint density at radius 1 is 1.18 bits per heavy atom. The van der Waals surface area contributed by atoms with Crippen LogP contribution in [-0.4, -0.2) is 31.7 Å². The Morgan fingerprint density at radius 3 is 2.44 bits per heavy atom. The van der Waals surface area contributed by atoms with E-state index in [2.05, 4.69) is 21.2 Å². The highest BCUT2D eigenvalue weighted by Crippen LogP contribution is 2.65. The van der Waals surface area contributed by atoms with Crippen molar-refractivity contribution in [2.45, 2.75) is 69.2 Å². The highest BCUT2D eigenvalue weighted by molar-refractivity contribution is 9.10. The number of aromatic nitrogens is 2. The third-order valence-corrected chi connectivity index (χ3v) is 9.04. The summed E-state index contributed by atoms with van der Waals surface area (Å²) in [6.07, 6.45) is 6.22. The van der Waals surface area contributed by atoms with E-state index in [1.807, 2.05) is 30.3 Å². The minimum absolute atomic E-state index is 0.0136. The second-order valence-electron chi connectivity index (χ2n) is 10.8. The number of esters is 1. The molecule has 0 saturated heterocycles. The summed E-state index contributed by atoms with van der Waals surface area (Å²) in [5.41, 5.74) is 1.19. The van der Waals surface area contributed by atoms with Crippen LogP contribution >= 0.6 is 15.9 Å². The van der Waals surface area contributed by atoms with E-state index < -0.39 is 12.0 Å². The molecule has 8 heteroatoms. The van der Waals surface area contributed by atoms with Crippen LogP contribution in [0.2, 0.25) is 0 Å². The van der Waals surface area contributed by atoms with Crippen molar-refractivity contribution in [3.8, 4) is 5.69 Å². The molecule has 0 spiro atoms. The Labute approximate surface area is 208 Å². The maximum absolute atomic E-state index is 13.1. The molecule has 3 atom stereocenters. The van der Waals surface area contributed by atoms with Crippen molar-refractivity contribution in [3.63, 3.8) is 0 Å². The number of carbonyl (C=O) groups excluding carboxylic acids is 2. The largest absolute Gasteiger partial charge is 0.453 e. The fraction of sp³-hybridized carbons (Fsp3) is 0.577. The molecule has 1 aromatic carbocycles. The predicted molar refractivity (Wildman–Crippen MR) is 133 cm³/mol. The first-order valence-corrected chi connectivity index (χ1v) is 12.9. The molecule has 4 fully saturated rings. The Hall–Kier alpha value is -2.35. The van der Waals surface area contributed by atoms with Gasteiger partial charge in [0, 0.05) is 11.4 Å². The number of nitrogens with zero attached hydrogens (tertiary/aromatic N) is 2. The van der Waals surface area contributed by atoms with Gasteiger partial charge in [-0.3, -0.25) is 19.1 Å². The normalized spacial score (nSPS) is 30.2. The van der Waals surface area contributed by atoms with E-state index in [9.17, 15) is 14.4 Å². The van der Waals surface area contributed by atoms with E-state index in [1.54, 1.807) is 25.6 Å². The smallest absolute Gasteiger partial charge is 0.307 e. The monoisotopic (exact) mass is 529 g/mol. The number of carbonyl (C=O) groups is 2. The molecule has 1 heterocycles. The van der Waals surface area contributed by atoms with Gasteiger partial charge in [0.25, 0.3) is 11.5 Å². The highest BCUT2D eigenvalue weighted by atomic mass is 79.9. The van der Waals surface area contributed by atoms with Crippen molar-refractivity contribution < 1.29 is 14.3 Å². The number of halogens is 1. The molecule has 1 aromatic heterocycles. The zero-order valence-electron chi connectivity index (χ0n) is 20.0. The molecule has 4 aliphatic rings. The first kappa shape index (κ1) is 23.4. The van der Waals surface area contributed by atoms with Crippen molar-refractivity contribution in [3.05, 3.63) is 46.4 Å². The molecule has 0 unspecified atom stereocenters. The molecule has 6 rings (SSSR count). The Balaban J connectivity index is 1.25. The number of amides is 1. The van der Waals surface area contributed by atoms with Crippen LogP contribution in [0.4, 0.5) is 5.69 Å². The Bertz CT molecular complexity index is 1170. The maximum atomic E-state index is 13.1. The molecular weight excluding hydrogens is 498 g/mol. The second kappa shape index (κ2) is 8.40. The molecule has 7 nitrogen and oxygen atoms in total. The molecule has 1 amide bonds. The van der Waals surface area contributed by atoms with Crippen LogP contribution in [0.5, 0.6) is 0 Å². The quantitative estimate of drug-likeness (QED) is 0.441. The lowest BCUT2D eigenvalue weighted by Gasteiger charge is -2.60. The summed E-state index contributed by atoms with van der Waals surface area (Å²) in [5.74, 6) is 0.540. The molecule has 0 radical (unpaired) electrons. The minimum atomic E-state index is -0.983. The van der Waals surface area contributed by atoms with Crippen molar-refractivity contribution in [2.75, 3.05) is 5.32 Å². The molecule has 4 saturated carbocycles. The van der Waals surface area contributed by atoms with Gasteiger partial charge in [-0.25, -0.2) is 4.68 Å². The van der Waals surface area contributed by atoms with E-state index in [0.29, 0.717) is 29.6 Å². The van der Waals surface area contributed by atoms with Crippen LogP contribution in [0.25, 0.3) is 5.69 Å². The summed E-state index contributed by atoms with van der Waals surface area (Å²) in [4.78, 5) is 38.8. The van der Waals surface area contributed by atoms with Gasteiger partial charge in [0.15, 0.2) is 6.10 Å². The molecular formula is C26H32BrN3O4. The topological polar surface area (TPSA) is 82.3 Å². The van der Waals surface area contributed by atoms with E-state index in [-0.39, 0.29) is 27.0 Å². The highest BCUT2D eigenvalue weighted by Gasteiger charge is 2.57. The molecule has 0 aliphatic heterocycles. The van der Waals surface area contributed by atoms with Crippen molar-refractivity contribution in [1.82, 2.24) is 9.36 Å². The van der Waals surface area contributed by atoms with Crippen molar-refractivity contribution >= 4 is 33.5 Å². The zero-order chi connectivity index (χ0) is 24.3. The third-order valence-electron chi connectivity index (χ3n) is 8.11. The summed E-state index contributed by atoms with van der Waals surface area (Å²) >= 11 is 3.98. The number of para-hydroxylation sites is 1. The number of ether oxygens (including phenoxy) is 1. The van der Waals surface area contributed by atoms with Gasteiger partial charge >= 0.3 is 5.97 Å². The van der Waals surface area contributed by atoms with E-state index in [4.69, 9.17) is 4.74 Å². The first-order chi connectivity index (χ1) is 16.1. The molecule has 4 aliphatic carbocycles. The van der Waals surface area contributed by atoms with Gasteiger partial charge in [0.2, 0.25) is 0 Å². The van der Waals surface area contributed by atoms with E-state index in [0.717, 1.165) is 19.3 Å². The molecule has 34 heavy (non-hydrogen) atoms. The van der Waals surface area contributed by atoms with Gasteiger partial charge in [-0.05, 0) is 81.8 Å².